The number of nitrogens with zero attached hydrogens (tertiary/aromatic N) is 1. The molecule has 5 amide bonds. The maximum Gasteiger partial charge on any atom is 0.230 e. The number of carbonyl (C=O) groups is 6. The van der Waals surface area contributed by atoms with Crippen LogP contribution in [0.4, 0.5) is 10.1 Å². The number of rotatable bonds is 10. The minimum absolute atomic E-state index is 0.0805. The van der Waals surface area contributed by atoms with Gasteiger partial charge in [0.05, 0.1) is 10.9 Å². The second kappa shape index (κ2) is 36.4. The Morgan fingerprint density at radius 2 is 1.46 bits per heavy atom. The van der Waals surface area contributed by atoms with Gasteiger partial charge in [0.15, 0.2) is 0 Å². The summed E-state index contributed by atoms with van der Waals surface area (Å²) in [5, 5.41) is 9.60. The highest BCUT2D eigenvalue weighted by molar-refractivity contribution is 6.31. The zero-order valence-electron chi connectivity index (χ0n) is 46.0. The number of anilines is 1. The number of hydrogen-bond donors (Lipinski definition) is 4. The third-order valence-electron chi connectivity index (χ3n) is 14.6. The van der Waals surface area contributed by atoms with Crippen LogP contribution in [0.5, 0.6) is 0 Å². The standard InChI is InChI=1S/C22H23Cl2FN2O.C20H29NO.C8H13NO2.C5H10O.2C2H6.CH3NO/c23-14-6-4-7-15(12-14)27-21(28)19-17(16-8-5-9-18(24)20(16)25)13-26-22(19)10-2-1-3-11-22;1-15-8-9-19(14-16(15)2)17-10-12-21(13-11-17)20(22)18-6-4-3-5-7-18;1-2-3-6-4-5-7(10)9-8(6)11;1-2-3-4-5-6;2*1-2;2-1-3/h4-9,12,17,19,26H,1-3,10-11,13H2,(H,27,28);8-9,14,17-18H,3-7,10-13H2,1-2H3;6H,2-5H2,1H3,(H,9,10,11);5H,2-4H2,1H3;2*1-2H3;1H,(H2,2,3). The van der Waals surface area contributed by atoms with Crippen molar-refractivity contribution in [1.29, 1.82) is 0 Å². The topological polar surface area (TPSA) is 168 Å². The van der Waals surface area contributed by atoms with Crippen LogP contribution >= 0.6 is 23.2 Å². The summed E-state index contributed by atoms with van der Waals surface area (Å²) in [4.78, 5) is 68.1. The lowest BCUT2D eigenvalue weighted by atomic mass is 9.69. The first-order valence-corrected chi connectivity index (χ1v) is 28.5. The summed E-state index contributed by atoms with van der Waals surface area (Å²) >= 11 is 12.1. The molecule has 14 heteroatoms. The van der Waals surface area contributed by atoms with E-state index in [1.807, 2.05) is 40.7 Å². The number of aryl methyl sites for hydroxylation is 2. The fourth-order valence-corrected chi connectivity index (χ4v) is 11.0. The molecule has 1 spiro atoms. The molecule has 2 saturated carbocycles. The highest BCUT2D eigenvalue weighted by atomic mass is 35.5. The summed E-state index contributed by atoms with van der Waals surface area (Å²) in [6, 6.07) is 19.0. The van der Waals surface area contributed by atoms with Gasteiger partial charge in [-0.05, 0) is 124 Å². The van der Waals surface area contributed by atoms with Crippen LogP contribution < -0.4 is 21.7 Å². The third-order valence-corrected chi connectivity index (χ3v) is 15.1. The fourth-order valence-electron chi connectivity index (χ4n) is 10.6. The number of imide groups is 1. The number of likely N-dealkylation sites (tertiary alicyclic amines) is 1. The Balaban J connectivity index is 0.000000360. The number of nitrogens with two attached hydrogens (primary N) is 1. The normalized spacial score (nSPS) is 19.9. The maximum atomic E-state index is 14.8. The first-order chi connectivity index (χ1) is 35.7. The van der Waals surface area contributed by atoms with E-state index in [-0.39, 0.29) is 52.4 Å². The lowest BCUT2D eigenvalue weighted by Gasteiger charge is -2.39. The summed E-state index contributed by atoms with van der Waals surface area (Å²) < 4.78 is 14.8. The molecule has 3 aromatic rings. The molecule has 5 aliphatic rings. The molecule has 5 N–H and O–H groups in total. The molecule has 0 bridgehead atoms. The molecular weight excluding hydrogens is 977 g/mol. The van der Waals surface area contributed by atoms with Crippen LogP contribution in [0.25, 0.3) is 0 Å². The zero-order valence-corrected chi connectivity index (χ0v) is 47.5. The summed E-state index contributed by atoms with van der Waals surface area (Å²) in [5.74, 6) is 0.113. The van der Waals surface area contributed by atoms with Crippen molar-refractivity contribution >= 4 is 65.2 Å². The summed E-state index contributed by atoms with van der Waals surface area (Å²) in [7, 11) is 0. The first kappa shape index (κ1) is 65.5. The predicted molar refractivity (Wildman–Crippen MR) is 302 cm³/mol. The lowest BCUT2D eigenvalue weighted by Crippen LogP contribution is -2.50. The van der Waals surface area contributed by atoms with E-state index >= 15 is 0 Å². The Morgan fingerprint density at radius 3 is 2.03 bits per heavy atom. The summed E-state index contributed by atoms with van der Waals surface area (Å²) in [6.45, 7) is 18.9. The molecule has 3 aliphatic heterocycles. The SMILES string of the molecule is CC.CC.CCCC1CCC(=O)NC1=O.CCCCC=O.Cc1ccc(C2CCN(C(=O)C3CCCCC3)CC2)cc1C.NC=O.O=C(Nc1cccc(Cl)c1)C1C(c2cccc(Cl)c2F)CNC12CCCCC2. The van der Waals surface area contributed by atoms with Crippen molar-refractivity contribution in [3.05, 3.63) is 98.8 Å². The van der Waals surface area contributed by atoms with Crippen molar-refractivity contribution in [1.82, 2.24) is 15.5 Å². The van der Waals surface area contributed by atoms with Gasteiger partial charge in [0.25, 0.3) is 0 Å². The molecule has 3 aromatic carbocycles. The lowest BCUT2D eigenvalue weighted by molar-refractivity contribution is -0.138. The fraction of sp³-hybridized carbons (Fsp3) is 0.600. The Morgan fingerprint density at radius 1 is 0.824 bits per heavy atom. The number of benzene rings is 3. The van der Waals surface area contributed by atoms with E-state index in [2.05, 4.69) is 65.6 Å². The van der Waals surface area contributed by atoms with Gasteiger partial charge in [-0.15, -0.1) is 0 Å². The van der Waals surface area contributed by atoms with E-state index < -0.39 is 5.82 Å². The second-order valence-electron chi connectivity index (χ2n) is 19.5. The third kappa shape index (κ3) is 20.8. The van der Waals surface area contributed by atoms with E-state index in [0.29, 0.717) is 47.0 Å². The van der Waals surface area contributed by atoms with Gasteiger partial charge in [0.1, 0.15) is 12.1 Å². The van der Waals surface area contributed by atoms with Gasteiger partial charge in [-0.1, -0.05) is 153 Å². The zero-order chi connectivity index (χ0) is 55.1. The van der Waals surface area contributed by atoms with Crippen molar-refractivity contribution in [3.8, 4) is 0 Å². The second-order valence-corrected chi connectivity index (χ2v) is 20.3. The number of piperidine rings is 2. The van der Waals surface area contributed by atoms with Gasteiger partial charge in [-0.25, -0.2) is 4.39 Å². The van der Waals surface area contributed by atoms with Gasteiger partial charge in [0.2, 0.25) is 30.0 Å². The van der Waals surface area contributed by atoms with Gasteiger partial charge in [-0.2, -0.15) is 0 Å². The molecule has 8 rings (SSSR count). The number of carbonyl (C=O) groups excluding carboxylic acids is 6. The predicted octanol–water partition coefficient (Wildman–Crippen LogP) is 13.7. The highest BCUT2D eigenvalue weighted by Gasteiger charge is 2.53. The Kier molecular flexibility index (Phi) is 32.2. The van der Waals surface area contributed by atoms with Crippen LogP contribution in [0.2, 0.25) is 10.0 Å². The molecule has 11 nitrogen and oxygen atoms in total. The van der Waals surface area contributed by atoms with Gasteiger partial charge in [-0.3, -0.25) is 29.3 Å². The van der Waals surface area contributed by atoms with Crippen molar-refractivity contribution < 1.29 is 33.2 Å². The molecule has 412 valence electrons. The van der Waals surface area contributed by atoms with Crippen LogP contribution in [0, 0.1) is 37.4 Å². The van der Waals surface area contributed by atoms with Crippen molar-refractivity contribution in [3.63, 3.8) is 0 Å². The molecule has 3 heterocycles. The number of amides is 5. The number of hydrogen-bond acceptors (Lipinski definition) is 7. The Labute approximate surface area is 453 Å². The average Bonchev–Trinajstić information content (AvgIpc) is 3.77. The highest BCUT2D eigenvalue weighted by Crippen LogP contribution is 2.47. The molecule has 74 heavy (non-hydrogen) atoms. The summed E-state index contributed by atoms with van der Waals surface area (Å²) in [6.07, 6.45) is 20.7. The van der Waals surface area contributed by atoms with E-state index in [9.17, 15) is 28.4 Å². The maximum absolute atomic E-state index is 14.8. The number of primary amides is 1. The van der Waals surface area contributed by atoms with Crippen molar-refractivity contribution in [2.75, 3.05) is 25.0 Å². The van der Waals surface area contributed by atoms with Crippen LogP contribution in [0.15, 0.2) is 60.7 Å². The van der Waals surface area contributed by atoms with Crippen LogP contribution in [-0.4, -0.2) is 66.4 Å². The van der Waals surface area contributed by atoms with Crippen LogP contribution in [-0.2, 0) is 28.8 Å². The molecule has 3 atom stereocenters. The van der Waals surface area contributed by atoms with E-state index in [1.54, 1.807) is 36.4 Å². The Hall–Kier alpha value is -4.65. The van der Waals surface area contributed by atoms with E-state index in [0.717, 1.165) is 109 Å². The van der Waals surface area contributed by atoms with Crippen LogP contribution in [0.3, 0.4) is 0 Å². The van der Waals surface area contributed by atoms with E-state index in [4.69, 9.17) is 28.0 Å². The summed E-state index contributed by atoms with van der Waals surface area (Å²) in [5.41, 5.74) is 9.24. The average molecular weight is 1070 g/mol. The molecule has 3 unspecified atom stereocenters. The van der Waals surface area contributed by atoms with Gasteiger partial charge < -0.3 is 26.1 Å². The molecular formula is C60H90Cl2FN5O6. The minimum Gasteiger partial charge on any atom is -0.372 e. The quantitative estimate of drug-likeness (QED) is 0.0890. The molecule has 0 aromatic heterocycles. The minimum atomic E-state index is -0.426. The smallest absolute Gasteiger partial charge is 0.230 e. The largest absolute Gasteiger partial charge is 0.372 e. The molecule has 2 aliphatic carbocycles. The number of nitrogens with one attached hydrogen (secondary N) is 3. The van der Waals surface area contributed by atoms with Gasteiger partial charge in [0, 0.05) is 66.5 Å². The molecule has 0 radical (unpaired) electrons. The van der Waals surface area contributed by atoms with Crippen LogP contribution in [0.1, 0.15) is 198 Å². The number of halogens is 3. The van der Waals surface area contributed by atoms with Crippen molar-refractivity contribution in [2.45, 2.75) is 195 Å². The van der Waals surface area contributed by atoms with Crippen molar-refractivity contribution in [2.24, 2.45) is 23.5 Å². The monoisotopic (exact) mass is 1070 g/mol. The number of aldehydes is 1. The number of unbranched alkanes of at least 4 members (excludes halogenated alkanes) is 2. The molecule has 5 fully saturated rings. The Bertz CT molecular complexity index is 2160. The first-order valence-electron chi connectivity index (χ1n) is 27.8. The van der Waals surface area contributed by atoms with E-state index in [1.165, 1.54) is 42.4 Å². The molecule has 3 saturated heterocycles. The van der Waals surface area contributed by atoms with Gasteiger partial charge >= 0.3 is 0 Å².